The Bertz CT molecular complexity index is 177. The van der Waals surface area contributed by atoms with Crippen molar-refractivity contribution in [3.63, 3.8) is 0 Å². The van der Waals surface area contributed by atoms with Crippen LogP contribution in [0.2, 0.25) is 0 Å². The van der Waals surface area contributed by atoms with Gasteiger partial charge in [0.05, 0.1) is 0 Å². The zero-order valence-electron chi connectivity index (χ0n) is 8.63. The maximum Gasteiger partial charge on any atom is 0.0424 e. The van der Waals surface area contributed by atoms with Gasteiger partial charge in [0.25, 0.3) is 0 Å². The molecule has 0 aromatic heterocycles. The van der Waals surface area contributed by atoms with Crippen LogP contribution in [0.25, 0.3) is 0 Å². The summed E-state index contributed by atoms with van der Waals surface area (Å²) in [7, 11) is 2.17. The number of nitrogens with zero attached hydrogens (tertiary/aromatic N) is 2. The van der Waals surface area contributed by atoms with E-state index < -0.39 is 0 Å². The highest BCUT2D eigenvalue weighted by Gasteiger charge is 2.34. The highest BCUT2D eigenvalue weighted by atomic mass is 15.2. The zero-order valence-corrected chi connectivity index (χ0v) is 8.63. The average molecular weight is 183 g/mol. The molecule has 0 radical (unpaired) electrons. The summed E-state index contributed by atoms with van der Waals surface area (Å²) in [6, 6.07) is 0. The third kappa shape index (κ3) is 2.22. The van der Waals surface area contributed by atoms with E-state index in [1.807, 2.05) is 0 Å². The van der Waals surface area contributed by atoms with Crippen LogP contribution in [-0.4, -0.2) is 55.1 Å². The maximum absolute atomic E-state index is 6.35. The molecule has 2 aliphatic heterocycles. The standard InChI is InChI=1S/C10H21N3/c1-12-7-4-10(11,8-12)9-13-5-2-3-6-13/h2-9,11H2,1H3. The summed E-state index contributed by atoms with van der Waals surface area (Å²) in [6.45, 7) is 5.89. The van der Waals surface area contributed by atoms with E-state index in [1.54, 1.807) is 0 Å². The molecule has 2 fully saturated rings. The molecular weight excluding hydrogens is 162 g/mol. The van der Waals surface area contributed by atoms with Crippen LogP contribution in [0.1, 0.15) is 19.3 Å². The molecule has 3 nitrogen and oxygen atoms in total. The molecule has 2 aliphatic rings. The Kier molecular flexibility index (Phi) is 2.58. The van der Waals surface area contributed by atoms with Gasteiger partial charge in [0.15, 0.2) is 0 Å². The van der Waals surface area contributed by atoms with Crippen LogP contribution < -0.4 is 5.73 Å². The molecule has 2 N–H and O–H groups in total. The molecule has 0 spiro atoms. The number of hydrogen-bond donors (Lipinski definition) is 1. The van der Waals surface area contributed by atoms with Gasteiger partial charge in [-0.05, 0) is 45.9 Å². The van der Waals surface area contributed by atoms with Gasteiger partial charge in [-0.25, -0.2) is 0 Å². The molecule has 0 bridgehead atoms. The topological polar surface area (TPSA) is 32.5 Å². The van der Waals surface area contributed by atoms with Crippen molar-refractivity contribution in [1.29, 1.82) is 0 Å². The van der Waals surface area contributed by atoms with Crippen LogP contribution in [0, 0.1) is 0 Å². The van der Waals surface area contributed by atoms with E-state index in [0.29, 0.717) is 0 Å². The Balaban J connectivity index is 1.85. The molecule has 0 aliphatic carbocycles. The number of likely N-dealkylation sites (tertiary alicyclic amines) is 2. The largest absolute Gasteiger partial charge is 0.323 e. The summed E-state index contributed by atoms with van der Waals surface area (Å²) in [6.07, 6.45) is 3.90. The number of likely N-dealkylation sites (N-methyl/N-ethyl adjacent to an activating group) is 1. The molecule has 2 saturated heterocycles. The first-order valence-electron chi connectivity index (χ1n) is 5.38. The quantitative estimate of drug-likeness (QED) is 0.660. The molecule has 0 aromatic carbocycles. The van der Waals surface area contributed by atoms with Crippen molar-refractivity contribution >= 4 is 0 Å². The average Bonchev–Trinajstić information content (AvgIpc) is 2.62. The minimum Gasteiger partial charge on any atom is -0.323 e. The Labute approximate surface area is 80.9 Å². The predicted octanol–water partition coefficient (Wildman–Crippen LogP) is 0.115. The summed E-state index contributed by atoms with van der Waals surface area (Å²) in [5, 5.41) is 0. The molecule has 3 heteroatoms. The second-order valence-electron chi connectivity index (χ2n) is 4.83. The normalized spacial score (nSPS) is 37.4. The first kappa shape index (κ1) is 9.44. The van der Waals surface area contributed by atoms with Crippen LogP contribution in [-0.2, 0) is 0 Å². The first-order chi connectivity index (χ1) is 6.18. The smallest absolute Gasteiger partial charge is 0.0424 e. The molecule has 0 amide bonds. The van der Waals surface area contributed by atoms with Crippen molar-refractivity contribution in [1.82, 2.24) is 9.80 Å². The molecular formula is C10H21N3. The Morgan fingerprint density at radius 2 is 1.92 bits per heavy atom. The monoisotopic (exact) mass is 183 g/mol. The van der Waals surface area contributed by atoms with Crippen molar-refractivity contribution in [3.05, 3.63) is 0 Å². The van der Waals surface area contributed by atoms with E-state index in [0.717, 1.165) is 13.1 Å². The molecule has 0 aromatic rings. The van der Waals surface area contributed by atoms with Crippen LogP contribution in [0.5, 0.6) is 0 Å². The zero-order chi connectivity index (χ0) is 9.31. The fraction of sp³-hybridized carbons (Fsp3) is 1.00. The van der Waals surface area contributed by atoms with Gasteiger partial charge in [0.2, 0.25) is 0 Å². The van der Waals surface area contributed by atoms with Gasteiger partial charge in [-0.15, -0.1) is 0 Å². The van der Waals surface area contributed by atoms with E-state index >= 15 is 0 Å². The maximum atomic E-state index is 6.35. The second kappa shape index (κ2) is 3.56. The van der Waals surface area contributed by atoms with Crippen molar-refractivity contribution in [2.75, 3.05) is 39.8 Å². The molecule has 1 unspecified atom stereocenters. The van der Waals surface area contributed by atoms with Gasteiger partial charge in [-0.3, -0.25) is 0 Å². The molecule has 13 heavy (non-hydrogen) atoms. The first-order valence-corrected chi connectivity index (χ1v) is 5.38. The molecule has 2 heterocycles. The Morgan fingerprint density at radius 3 is 2.46 bits per heavy atom. The summed E-state index contributed by atoms with van der Waals surface area (Å²) >= 11 is 0. The van der Waals surface area contributed by atoms with Gasteiger partial charge in [-0.1, -0.05) is 0 Å². The van der Waals surface area contributed by atoms with Gasteiger partial charge < -0.3 is 15.5 Å². The summed E-state index contributed by atoms with van der Waals surface area (Å²) in [5.74, 6) is 0. The SMILES string of the molecule is CN1CCC(N)(CN2CCCC2)C1. The van der Waals surface area contributed by atoms with Crippen molar-refractivity contribution in [2.24, 2.45) is 5.73 Å². The van der Waals surface area contributed by atoms with Crippen molar-refractivity contribution in [3.8, 4) is 0 Å². The van der Waals surface area contributed by atoms with Crippen LogP contribution in [0.4, 0.5) is 0 Å². The van der Waals surface area contributed by atoms with E-state index in [4.69, 9.17) is 5.73 Å². The van der Waals surface area contributed by atoms with Gasteiger partial charge in [0.1, 0.15) is 0 Å². The van der Waals surface area contributed by atoms with Gasteiger partial charge in [-0.2, -0.15) is 0 Å². The molecule has 1 atom stereocenters. The Morgan fingerprint density at radius 1 is 1.23 bits per heavy atom. The summed E-state index contributed by atoms with van der Waals surface area (Å²) in [4.78, 5) is 4.87. The molecule has 76 valence electrons. The van der Waals surface area contributed by atoms with E-state index in [9.17, 15) is 0 Å². The lowest BCUT2D eigenvalue weighted by Gasteiger charge is -2.29. The number of hydrogen-bond acceptors (Lipinski definition) is 3. The minimum atomic E-state index is 0.0824. The lowest BCUT2D eigenvalue weighted by atomic mass is 10.00. The third-order valence-electron chi connectivity index (χ3n) is 3.31. The fourth-order valence-corrected chi connectivity index (χ4v) is 2.62. The fourth-order valence-electron chi connectivity index (χ4n) is 2.62. The van der Waals surface area contributed by atoms with E-state index in [-0.39, 0.29) is 5.54 Å². The lowest BCUT2D eigenvalue weighted by molar-refractivity contribution is 0.245. The lowest BCUT2D eigenvalue weighted by Crippen LogP contribution is -2.51. The molecule has 2 rings (SSSR count). The van der Waals surface area contributed by atoms with Crippen LogP contribution in [0.15, 0.2) is 0 Å². The van der Waals surface area contributed by atoms with E-state index in [2.05, 4.69) is 16.8 Å². The third-order valence-corrected chi connectivity index (χ3v) is 3.31. The van der Waals surface area contributed by atoms with Gasteiger partial charge in [0, 0.05) is 18.6 Å². The second-order valence-corrected chi connectivity index (χ2v) is 4.83. The van der Waals surface area contributed by atoms with Crippen molar-refractivity contribution in [2.45, 2.75) is 24.8 Å². The molecule has 0 saturated carbocycles. The Hall–Kier alpha value is -0.120. The minimum absolute atomic E-state index is 0.0824. The number of nitrogens with two attached hydrogens (primary N) is 1. The number of rotatable bonds is 2. The summed E-state index contributed by atoms with van der Waals surface area (Å²) in [5.41, 5.74) is 6.43. The van der Waals surface area contributed by atoms with Crippen LogP contribution >= 0.6 is 0 Å². The predicted molar refractivity (Wildman–Crippen MR) is 54.7 cm³/mol. The highest BCUT2D eigenvalue weighted by Crippen LogP contribution is 2.20. The van der Waals surface area contributed by atoms with E-state index in [1.165, 1.54) is 38.9 Å². The highest BCUT2D eigenvalue weighted by molar-refractivity contribution is 4.96. The summed E-state index contributed by atoms with van der Waals surface area (Å²) < 4.78 is 0. The van der Waals surface area contributed by atoms with Crippen molar-refractivity contribution < 1.29 is 0 Å². The van der Waals surface area contributed by atoms with Crippen LogP contribution in [0.3, 0.4) is 0 Å². The van der Waals surface area contributed by atoms with Gasteiger partial charge >= 0.3 is 0 Å².